The van der Waals surface area contributed by atoms with Gasteiger partial charge in [0.25, 0.3) is 0 Å². The molecule has 1 fully saturated rings. The second kappa shape index (κ2) is 6.10. The van der Waals surface area contributed by atoms with Crippen molar-refractivity contribution in [3.63, 3.8) is 0 Å². The zero-order chi connectivity index (χ0) is 12.8. The second-order valence-corrected chi connectivity index (χ2v) is 4.25. The third-order valence-corrected chi connectivity index (χ3v) is 2.63. The third kappa shape index (κ3) is 4.13. The molecule has 0 saturated heterocycles. The fourth-order valence-electron chi connectivity index (χ4n) is 1.52. The molecule has 1 aromatic rings. The minimum absolute atomic E-state index is 0.226. The van der Waals surface area contributed by atoms with Crippen LogP contribution < -0.4 is 15.4 Å². The highest BCUT2D eigenvalue weighted by Crippen LogP contribution is 2.29. The van der Waals surface area contributed by atoms with Crippen LogP contribution in [0.3, 0.4) is 0 Å². The SMILES string of the molecule is CCOc1ccc(NC(=O)N/C=C/C2CC2)cc1. The van der Waals surface area contributed by atoms with Crippen LogP contribution in [0.15, 0.2) is 36.5 Å². The van der Waals surface area contributed by atoms with E-state index in [9.17, 15) is 4.79 Å². The first-order valence-electron chi connectivity index (χ1n) is 6.25. The molecule has 2 amide bonds. The van der Waals surface area contributed by atoms with Gasteiger partial charge in [-0.3, -0.25) is 0 Å². The normalized spacial score (nSPS) is 14.5. The lowest BCUT2D eigenvalue weighted by Gasteiger charge is -2.06. The number of urea groups is 1. The molecule has 1 saturated carbocycles. The highest BCUT2D eigenvalue weighted by Gasteiger charge is 2.16. The number of carbonyl (C=O) groups excluding carboxylic acids is 1. The van der Waals surface area contributed by atoms with E-state index >= 15 is 0 Å². The monoisotopic (exact) mass is 246 g/mol. The van der Waals surface area contributed by atoms with Gasteiger partial charge in [0.1, 0.15) is 5.75 Å². The minimum atomic E-state index is -0.226. The molecule has 96 valence electrons. The summed E-state index contributed by atoms with van der Waals surface area (Å²) in [5.41, 5.74) is 0.746. The van der Waals surface area contributed by atoms with Gasteiger partial charge in [-0.15, -0.1) is 0 Å². The van der Waals surface area contributed by atoms with Gasteiger partial charge in [0.05, 0.1) is 6.61 Å². The van der Waals surface area contributed by atoms with Crippen LogP contribution >= 0.6 is 0 Å². The van der Waals surface area contributed by atoms with E-state index in [1.165, 1.54) is 12.8 Å². The molecular weight excluding hydrogens is 228 g/mol. The average Bonchev–Trinajstić information content (AvgIpc) is 3.16. The number of anilines is 1. The molecule has 0 aliphatic heterocycles. The summed E-state index contributed by atoms with van der Waals surface area (Å²) < 4.78 is 5.32. The van der Waals surface area contributed by atoms with Gasteiger partial charge >= 0.3 is 6.03 Å². The predicted molar refractivity (Wildman–Crippen MR) is 71.6 cm³/mol. The molecule has 0 aromatic heterocycles. The number of hydrogen-bond donors (Lipinski definition) is 2. The smallest absolute Gasteiger partial charge is 0.323 e. The van der Waals surface area contributed by atoms with Crippen LogP contribution in [0.2, 0.25) is 0 Å². The van der Waals surface area contributed by atoms with Crippen molar-refractivity contribution in [2.24, 2.45) is 5.92 Å². The molecule has 1 aromatic carbocycles. The van der Waals surface area contributed by atoms with Crippen LogP contribution in [0.4, 0.5) is 10.5 Å². The first-order chi connectivity index (χ1) is 8.78. The predicted octanol–water partition coefficient (Wildman–Crippen LogP) is 3.13. The van der Waals surface area contributed by atoms with Crippen molar-refractivity contribution >= 4 is 11.7 Å². The summed E-state index contributed by atoms with van der Waals surface area (Å²) in [6.07, 6.45) is 6.21. The summed E-state index contributed by atoms with van der Waals surface area (Å²) in [6, 6.07) is 7.07. The Balaban J connectivity index is 1.78. The molecule has 4 nitrogen and oxygen atoms in total. The van der Waals surface area contributed by atoms with Crippen LogP contribution in [0.1, 0.15) is 19.8 Å². The van der Waals surface area contributed by atoms with Gasteiger partial charge in [-0.2, -0.15) is 0 Å². The van der Waals surface area contributed by atoms with E-state index in [1.54, 1.807) is 6.20 Å². The maximum absolute atomic E-state index is 11.5. The topological polar surface area (TPSA) is 50.4 Å². The van der Waals surface area contributed by atoms with Crippen molar-refractivity contribution in [3.8, 4) is 5.75 Å². The molecule has 2 rings (SSSR count). The molecule has 0 bridgehead atoms. The van der Waals surface area contributed by atoms with E-state index in [1.807, 2.05) is 37.3 Å². The van der Waals surface area contributed by atoms with Crippen LogP contribution in [-0.2, 0) is 0 Å². The Morgan fingerprint density at radius 3 is 2.72 bits per heavy atom. The second-order valence-electron chi connectivity index (χ2n) is 4.25. The number of rotatable bonds is 5. The van der Waals surface area contributed by atoms with Crippen LogP contribution in [-0.4, -0.2) is 12.6 Å². The molecule has 0 radical (unpaired) electrons. The lowest BCUT2D eigenvalue weighted by Crippen LogP contribution is -2.23. The summed E-state index contributed by atoms with van der Waals surface area (Å²) >= 11 is 0. The maximum Gasteiger partial charge on any atom is 0.323 e. The van der Waals surface area contributed by atoms with Crippen LogP contribution in [0, 0.1) is 5.92 Å². The van der Waals surface area contributed by atoms with Gasteiger partial charge in [0.15, 0.2) is 0 Å². The zero-order valence-electron chi connectivity index (χ0n) is 10.5. The van der Waals surface area contributed by atoms with Crippen molar-refractivity contribution in [1.29, 1.82) is 0 Å². The molecule has 1 aliphatic carbocycles. The van der Waals surface area contributed by atoms with E-state index < -0.39 is 0 Å². The Hall–Kier alpha value is -1.97. The van der Waals surface area contributed by atoms with Crippen LogP contribution in [0.5, 0.6) is 5.75 Å². The quantitative estimate of drug-likeness (QED) is 0.838. The minimum Gasteiger partial charge on any atom is -0.494 e. The molecule has 18 heavy (non-hydrogen) atoms. The van der Waals surface area contributed by atoms with Gasteiger partial charge in [-0.05, 0) is 49.9 Å². The average molecular weight is 246 g/mol. The summed E-state index contributed by atoms with van der Waals surface area (Å²) in [7, 11) is 0. The summed E-state index contributed by atoms with van der Waals surface area (Å²) in [6.45, 7) is 2.57. The molecule has 0 spiro atoms. The highest BCUT2D eigenvalue weighted by atomic mass is 16.5. The van der Waals surface area contributed by atoms with Crippen molar-refractivity contribution in [3.05, 3.63) is 36.5 Å². The summed E-state index contributed by atoms with van der Waals surface area (Å²) in [5, 5.41) is 5.43. The fourth-order valence-corrected chi connectivity index (χ4v) is 1.52. The van der Waals surface area contributed by atoms with Crippen molar-refractivity contribution in [2.75, 3.05) is 11.9 Å². The van der Waals surface area contributed by atoms with E-state index in [0.29, 0.717) is 12.5 Å². The Bertz CT molecular complexity index is 422. The van der Waals surface area contributed by atoms with Crippen molar-refractivity contribution in [1.82, 2.24) is 5.32 Å². The number of hydrogen-bond acceptors (Lipinski definition) is 2. The largest absolute Gasteiger partial charge is 0.494 e. The molecule has 0 unspecified atom stereocenters. The number of benzene rings is 1. The molecule has 2 N–H and O–H groups in total. The molecule has 0 atom stereocenters. The Morgan fingerprint density at radius 2 is 2.11 bits per heavy atom. The lowest BCUT2D eigenvalue weighted by molar-refractivity contribution is 0.255. The number of nitrogens with one attached hydrogen (secondary N) is 2. The molecule has 4 heteroatoms. The summed E-state index contributed by atoms with van der Waals surface area (Å²) in [5.74, 6) is 1.47. The maximum atomic E-state index is 11.5. The van der Waals surface area contributed by atoms with Gasteiger partial charge in [0.2, 0.25) is 0 Å². The number of amides is 2. The Morgan fingerprint density at radius 1 is 1.39 bits per heavy atom. The number of allylic oxidation sites excluding steroid dienone is 1. The van der Waals surface area contributed by atoms with Gasteiger partial charge < -0.3 is 15.4 Å². The first kappa shape index (κ1) is 12.5. The van der Waals surface area contributed by atoms with Crippen molar-refractivity contribution in [2.45, 2.75) is 19.8 Å². The number of carbonyl (C=O) groups is 1. The summed E-state index contributed by atoms with van der Waals surface area (Å²) in [4.78, 5) is 11.5. The van der Waals surface area contributed by atoms with E-state index in [-0.39, 0.29) is 6.03 Å². The van der Waals surface area contributed by atoms with E-state index in [0.717, 1.165) is 11.4 Å². The van der Waals surface area contributed by atoms with E-state index in [2.05, 4.69) is 10.6 Å². The first-order valence-corrected chi connectivity index (χ1v) is 6.25. The highest BCUT2D eigenvalue weighted by molar-refractivity contribution is 5.89. The molecular formula is C14H18N2O2. The van der Waals surface area contributed by atoms with Gasteiger partial charge in [0, 0.05) is 11.9 Å². The third-order valence-electron chi connectivity index (χ3n) is 2.63. The van der Waals surface area contributed by atoms with Crippen molar-refractivity contribution < 1.29 is 9.53 Å². The molecule has 1 aliphatic rings. The van der Waals surface area contributed by atoms with Gasteiger partial charge in [-0.25, -0.2) is 4.79 Å². The van der Waals surface area contributed by atoms with Gasteiger partial charge in [-0.1, -0.05) is 6.08 Å². The standard InChI is InChI=1S/C14H18N2O2/c1-2-18-13-7-5-12(6-8-13)16-14(17)15-10-9-11-3-4-11/h5-11H,2-4H2,1H3,(H2,15,16,17)/b10-9+. The zero-order valence-corrected chi connectivity index (χ0v) is 10.5. The van der Waals surface area contributed by atoms with Crippen LogP contribution in [0.25, 0.3) is 0 Å². The van der Waals surface area contributed by atoms with E-state index in [4.69, 9.17) is 4.74 Å². The Kier molecular flexibility index (Phi) is 4.23. The molecule has 0 heterocycles. The lowest BCUT2D eigenvalue weighted by atomic mass is 10.3. The number of ether oxygens (including phenoxy) is 1. The fraction of sp³-hybridized carbons (Fsp3) is 0.357. The Labute approximate surface area is 107 Å².